The summed E-state index contributed by atoms with van der Waals surface area (Å²) in [6, 6.07) is 0.504. The zero-order valence-corrected chi connectivity index (χ0v) is 12.3. The smallest absolute Gasteiger partial charge is 0.225 e. The molecule has 1 N–H and O–H groups in total. The Hall–Kier alpha value is -0.280. The summed E-state index contributed by atoms with van der Waals surface area (Å²) < 4.78 is 0. The molecule has 0 aromatic rings. The molecule has 0 aromatic carbocycles. The lowest BCUT2D eigenvalue weighted by Crippen LogP contribution is -2.48. The average Bonchev–Trinajstić information content (AvgIpc) is 2.90. The monoisotopic (exact) mass is 274 g/mol. The summed E-state index contributed by atoms with van der Waals surface area (Å²) >= 11 is 0. The Bertz CT molecular complexity index is 248. The van der Waals surface area contributed by atoms with Gasteiger partial charge in [0.05, 0.1) is 0 Å². The van der Waals surface area contributed by atoms with Crippen molar-refractivity contribution in [2.24, 2.45) is 5.92 Å². The van der Waals surface area contributed by atoms with Crippen LogP contribution in [0.1, 0.15) is 51.9 Å². The molecule has 2 aliphatic rings. The molecule has 3 nitrogen and oxygen atoms in total. The van der Waals surface area contributed by atoms with Crippen LogP contribution in [-0.4, -0.2) is 36.5 Å². The standard InChI is InChI=1S/C14H26N2O.ClH/c1-2-11-16(13-7-9-15-10-8-13)14(17)12-5-3-4-6-12;/h12-13,15H,2-11H2,1H3;1H. The molecular weight excluding hydrogens is 248 g/mol. The third-order valence-corrected chi connectivity index (χ3v) is 4.20. The molecule has 1 amide bonds. The Kier molecular flexibility index (Phi) is 7.02. The van der Waals surface area contributed by atoms with E-state index < -0.39 is 0 Å². The molecular formula is C14H27ClN2O. The molecule has 2 rings (SSSR count). The van der Waals surface area contributed by atoms with Crippen molar-refractivity contribution in [3.63, 3.8) is 0 Å². The number of piperidine rings is 1. The van der Waals surface area contributed by atoms with E-state index in [9.17, 15) is 4.79 Å². The van der Waals surface area contributed by atoms with Crippen LogP contribution in [0.2, 0.25) is 0 Å². The number of hydrogen-bond acceptors (Lipinski definition) is 2. The fraction of sp³-hybridized carbons (Fsp3) is 0.929. The Morgan fingerprint density at radius 2 is 1.78 bits per heavy atom. The molecule has 0 bridgehead atoms. The normalized spacial score (nSPS) is 21.6. The van der Waals surface area contributed by atoms with E-state index in [0.29, 0.717) is 17.9 Å². The molecule has 1 aliphatic heterocycles. The number of carbonyl (C=O) groups excluding carboxylic acids is 1. The molecule has 2 fully saturated rings. The Morgan fingerprint density at radius 3 is 2.33 bits per heavy atom. The fourth-order valence-electron chi connectivity index (χ4n) is 3.24. The van der Waals surface area contributed by atoms with E-state index in [4.69, 9.17) is 0 Å². The van der Waals surface area contributed by atoms with Crippen molar-refractivity contribution in [3.05, 3.63) is 0 Å². The van der Waals surface area contributed by atoms with Crippen molar-refractivity contribution in [2.75, 3.05) is 19.6 Å². The van der Waals surface area contributed by atoms with Crippen molar-refractivity contribution >= 4 is 18.3 Å². The summed E-state index contributed by atoms with van der Waals surface area (Å²) in [4.78, 5) is 14.7. The van der Waals surface area contributed by atoms with Crippen LogP contribution in [0.15, 0.2) is 0 Å². The lowest BCUT2D eigenvalue weighted by Gasteiger charge is -2.36. The van der Waals surface area contributed by atoms with Gasteiger partial charge in [0.2, 0.25) is 5.91 Å². The second kappa shape index (κ2) is 8.00. The molecule has 0 unspecified atom stereocenters. The van der Waals surface area contributed by atoms with Gasteiger partial charge in [-0.05, 0) is 45.2 Å². The SMILES string of the molecule is CCCN(C(=O)C1CCCC1)C1CCNCC1.Cl. The van der Waals surface area contributed by atoms with Crippen LogP contribution in [0.5, 0.6) is 0 Å². The predicted molar refractivity (Wildman–Crippen MR) is 77.1 cm³/mol. The number of nitrogens with one attached hydrogen (secondary N) is 1. The molecule has 1 saturated carbocycles. The molecule has 1 saturated heterocycles. The third-order valence-electron chi connectivity index (χ3n) is 4.20. The fourth-order valence-corrected chi connectivity index (χ4v) is 3.24. The van der Waals surface area contributed by atoms with Crippen LogP contribution in [-0.2, 0) is 4.79 Å². The van der Waals surface area contributed by atoms with E-state index in [2.05, 4.69) is 17.1 Å². The molecule has 4 heteroatoms. The second-order valence-electron chi connectivity index (χ2n) is 5.49. The van der Waals surface area contributed by atoms with Gasteiger partial charge in [-0.1, -0.05) is 19.8 Å². The van der Waals surface area contributed by atoms with E-state index in [1.54, 1.807) is 0 Å². The number of nitrogens with zero attached hydrogens (tertiary/aromatic N) is 1. The maximum Gasteiger partial charge on any atom is 0.225 e. The molecule has 106 valence electrons. The van der Waals surface area contributed by atoms with Gasteiger partial charge in [-0.2, -0.15) is 0 Å². The minimum absolute atomic E-state index is 0. The Labute approximate surface area is 117 Å². The molecule has 0 aromatic heterocycles. The van der Waals surface area contributed by atoms with Gasteiger partial charge in [-0.15, -0.1) is 12.4 Å². The van der Waals surface area contributed by atoms with Crippen molar-refractivity contribution in [3.8, 4) is 0 Å². The summed E-state index contributed by atoms with van der Waals surface area (Å²) in [5.74, 6) is 0.799. The van der Waals surface area contributed by atoms with Crippen LogP contribution in [0.4, 0.5) is 0 Å². The minimum atomic E-state index is 0. The van der Waals surface area contributed by atoms with Gasteiger partial charge in [0.15, 0.2) is 0 Å². The first-order valence-electron chi connectivity index (χ1n) is 7.34. The van der Waals surface area contributed by atoms with Crippen LogP contribution in [0.3, 0.4) is 0 Å². The van der Waals surface area contributed by atoms with Gasteiger partial charge in [-0.25, -0.2) is 0 Å². The van der Waals surface area contributed by atoms with Crippen LogP contribution >= 0.6 is 12.4 Å². The van der Waals surface area contributed by atoms with E-state index in [0.717, 1.165) is 51.7 Å². The third kappa shape index (κ3) is 3.86. The first-order valence-corrected chi connectivity index (χ1v) is 7.34. The number of halogens is 1. The van der Waals surface area contributed by atoms with Gasteiger partial charge < -0.3 is 10.2 Å². The van der Waals surface area contributed by atoms with Crippen molar-refractivity contribution in [1.29, 1.82) is 0 Å². The summed E-state index contributed by atoms with van der Waals surface area (Å²) in [6.45, 7) is 5.28. The maximum absolute atomic E-state index is 12.5. The largest absolute Gasteiger partial charge is 0.339 e. The molecule has 1 heterocycles. The highest BCUT2D eigenvalue weighted by Crippen LogP contribution is 2.28. The van der Waals surface area contributed by atoms with E-state index in [-0.39, 0.29) is 12.4 Å². The molecule has 1 aliphatic carbocycles. The van der Waals surface area contributed by atoms with Gasteiger partial charge in [-0.3, -0.25) is 4.79 Å². The predicted octanol–water partition coefficient (Wildman–Crippen LogP) is 2.59. The van der Waals surface area contributed by atoms with Crippen molar-refractivity contribution in [1.82, 2.24) is 10.2 Å². The quantitative estimate of drug-likeness (QED) is 0.855. The summed E-state index contributed by atoms with van der Waals surface area (Å²) in [6.07, 6.45) is 8.12. The van der Waals surface area contributed by atoms with Gasteiger partial charge in [0.25, 0.3) is 0 Å². The first kappa shape index (κ1) is 15.8. The van der Waals surface area contributed by atoms with Gasteiger partial charge >= 0.3 is 0 Å². The second-order valence-corrected chi connectivity index (χ2v) is 5.49. The summed E-state index contributed by atoms with van der Waals surface area (Å²) in [5.41, 5.74) is 0. The zero-order valence-electron chi connectivity index (χ0n) is 11.5. The highest BCUT2D eigenvalue weighted by Gasteiger charge is 2.31. The molecule has 18 heavy (non-hydrogen) atoms. The van der Waals surface area contributed by atoms with Crippen LogP contribution in [0, 0.1) is 5.92 Å². The number of carbonyl (C=O) groups is 1. The van der Waals surface area contributed by atoms with Gasteiger partial charge in [0.1, 0.15) is 0 Å². The molecule has 0 spiro atoms. The average molecular weight is 275 g/mol. The Morgan fingerprint density at radius 1 is 1.17 bits per heavy atom. The first-order chi connectivity index (χ1) is 8.33. The van der Waals surface area contributed by atoms with Crippen molar-refractivity contribution in [2.45, 2.75) is 57.9 Å². The minimum Gasteiger partial charge on any atom is -0.339 e. The lowest BCUT2D eigenvalue weighted by atomic mass is 10.00. The summed E-state index contributed by atoms with van der Waals surface area (Å²) in [5, 5.41) is 3.38. The topological polar surface area (TPSA) is 32.3 Å². The van der Waals surface area contributed by atoms with E-state index >= 15 is 0 Å². The highest BCUT2D eigenvalue weighted by atomic mass is 35.5. The Balaban J connectivity index is 0.00000162. The van der Waals surface area contributed by atoms with E-state index in [1.165, 1.54) is 12.8 Å². The van der Waals surface area contributed by atoms with Crippen molar-refractivity contribution < 1.29 is 4.79 Å². The molecule has 0 radical (unpaired) electrons. The van der Waals surface area contributed by atoms with Crippen LogP contribution in [0.25, 0.3) is 0 Å². The number of rotatable bonds is 4. The zero-order chi connectivity index (χ0) is 12.1. The molecule has 0 atom stereocenters. The lowest BCUT2D eigenvalue weighted by molar-refractivity contribution is -0.138. The van der Waals surface area contributed by atoms with E-state index in [1.807, 2.05) is 0 Å². The van der Waals surface area contributed by atoms with Crippen LogP contribution < -0.4 is 5.32 Å². The number of hydrogen-bond donors (Lipinski definition) is 1. The maximum atomic E-state index is 12.5. The summed E-state index contributed by atoms with van der Waals surface area (Å²) in [7, 11) is 0. The number of amides is 1. The highest BCUT2D eigenvalue weighted by molar-refractivity contribution is 5.85. The van der Waals surface area contributed by atoms with Gasteiger partial charge in [0, 0.05) is 18.5 Å².